The molecule has 2 aliphatic rings. The maximum atomic E-state index is 2.63. The molecule has 0 amide bonds. The summed E-state index contributed by atoms with van der Waals surface area (Å²) in [5.41, 5.74) is 10.3. The van der Waals surface area contributed by atoms with Crippen molar-refractivity contribution in [1.82, 2.24) is 0 Å². The zero-order valence-corrected chi connectivity index (χ0v) is 31.8. The van der Waals surface area contributed by atoms with Gasteiger partial charge in [-0.05, 0) is 134 Å². The standard InChI is InChI=1S/C33H52P2.C5H10.Fe/c1-21-17-28(18-22(2)25(21)5)34(29-19-23(3)26(6)24(4)20-29)31-16-14-15-30(31)27(7)35(32(8,9)10)33(11,12)13;1-2-4-5-3-1;/h17-20,27,30-31H,14-16H2,1-13H3;1-5H2;. The molecule has 41 heavy (non-hydrogen) atoms. The van der Waals surface area contributed by atoms with Crippen LogP contribution in [0.3, 0.4) is 0 Å². The van der Waals surface area contributed by atoms with E-state index in [0.717, 1.165) is 17.2 Å². The van der Waals surface area contributed by atoms with Crippen molar-refractivity contribution in [3.05, 3.63) is 57.6 Å². The molecule has 0 N–H and O–H groups in total. The first-order valence-corrected chi connectivity index (χ1v) is 19.1. The van der Waals surface area contributed by atoms with E-state index in [1.807, 2.05) is 0 Å². The van der Waals surface area contributed by atoms with Crippen LogP contribution in [0.15, 0.2) is 24.3 Å². The summed E-state index contributed by atoms with van der Waals surface area (Å²) in [7, 11) is -0.528. The Morgan fingerprint density at radius 2 is 0.927 bits per heavy atom. The van der Waals surface area contributed by atoms with Gasteiger partial charge in [-0.2, -0.15) is 0 Å². The molecule has 2 fully saturated rings. The number of benzene rings is 2. The van der Waals surface area contributed by atoms with Crippen LogP contribution in [0.4, 0.5) is 0 Å². The van der Waals surface area contributed by atoms with Crippen molar-refractivity contribution in [1.29, 1.82) is 0 Å². The molecule has 0 bridgehead atoms. The van der Waals surface area contributed by atoms with E-state index in [4.69, 9.17) is 0 Å². The van der Waals surface area contributed by atoms with Gasteiger partial charge in [-0.3, -0.25) is 0 Å². The molecule has 0 saturated heterocycles. The van der Waals surface area contributed by atoms with Gasteiger partial charge >= 0.3 is 0 Å². The summed E-state index contributed by atoms with van der Waals surface area (Å²) >= 11 is 0. The summed E-state index contributed by atoms with van der Waals surface area (Å²) in [6.07, 6.45) is 11.7. The van der Waals surface area contributed by atoms with Crippen molar-refractivity contribution in [3.63, 3.8) is 0 Å². The van der Waals surface area contributed by atoms with Crippen LogP contribution in [0, 0.1) is 47.5 Å². The maximum absolute atomic E-state index is 2.63. The van der Waals surface area contributed by atoms with E-state index in [0.29, 0.717) is 10.3 Å². The summed E-state index contributed by atoms with van der Waals surface area (Å²) in [5, 5.41) is 3.97. The predicted octanol–water partition coefficient (Wildman–Crippen LogP) is 11.6. The van der Waals surface area contributed by atoms with E-state index < -0.39 is 7.92 Å². The van der Waals surface area contributed by atoms with Crippen molar-refractivity contribution in [2.45, 2.75) is 163 Å². The van der Waals surface area contributed by atoms with Gasteiger partial charge < -0.3 is 0 Å². The zero-order valence-electron chi connectivity index (χ0n) is 28.9. The monoisotopic (exact) mass is 636 g/mol. The van der Waals surface area contributed by atoms with Crippen molar-refractivity contribution >= 4 is 26.5 Å². The molecule has 0 aromatic heterocycles. The minimum absolute atomic E-state index is 0. The van der Waals surface area contributed by atoms with Crippen LogP contribution in [0.2, 0.25) is 0 Å². The second-order valence-electron chi connectivity index (χ2n) is 15.2. The summed E-state index contributed by atoms with van der Waals surface area (Å²) in [6.45, 7) is 31.5. The van der Waals surface area contributed by atoms with Crippen LogP contribution in [0.5, 0.6) is 0 Å². The molecule has 0 heterocycles. The van der Waals surface area contributed by atoms with E-state index >= 15 is 0 Å². The average Bonchev–Trinajstić information content (AvgIpc) is 3.55. The van der Waals surface area contributed by atoms with Gasteiger partial charge in [0.25, 0.3) is 0 Å². The van der Waals surface area contributed by atoms with Crippen LogP contribution in [0.25, 0.3) is 0 Å². The third-order valence-electron chi connectivity index (χ3n) is 9.97. The third kappa shape index (κ3) is 9.17. The summed E-state index contributed by atoms with van der Waals surface area (Å²) in [6, 6.07) is 10.2. The molecule has 2 aromatic rings. The summed E-state index contributed by atoms with van der Waals surface area (Å²) in [4.78, 5) is 0. The normalized spacial score (nSPS) is 20.2. The van der Waals surface area contributed by atoms with Gasteiger partial charge in [-0.1, -0.05) is 119 Å². The molecule has 2 aliphatic carbocycles. The van der Waals surface area contributed by atoms with Gasteiger partial charge in [0.15, 0.2) is 0 Å². The Balaban J connectivity index is 0.000000883. The Morgan fingerprint density at radius 3 is 1.24 bits per heavy atom. The first-order chi connectivity index (χ1) is 18.5. The average molecular weight is 637 g/mol. The summed E-state index contributed by atoms with van der Waals surface area (Å²) < 4.78 is 0. The molecule has 4 rings (SSSR count). The Labute approximate surface area is 269 Å². The molecule has 0 aliphatic heterocycles. The second-order valence-corrected chi connectivity index (χ2v) is 21.8. The van der Waals surface area contributed by atoms with Crippen LogP contribution in [0.1, 0.15) is 133 Å². The van der Waals surface area contributed by atoms with Gasteiger partial charge in [0, 0.05) is 17.1 Å². The Morgan fingerprint density at radius 1 is 0.585 bits per heavy atom. The van der Waals surface area contributed by atoms with E-state index in [9.17, 15) is 0 Å². The van der Waals surface area contributed by atoms with Gasteiger partial charge in [-0.25, -0.2) is 0 Å². The minimum Gasteiger partial charge on any atom is -0.0924 e. The van der Waals surface area contributed by atoms with Gasteiger partial charge in [-0.15, -0.1) is 0 Å². The Kier molecular flexibility index (Phi) is 13.7. The van der Waals surface area contributed by atoms with E-state index in [2.05, 4.69) is 114 Å². The first-order valence-electron chi connectivity index (χ1n) is 16.3. The third-order valence-corrected chi connectivity index (χ3v) is 17.0. The van der Waals surface area contributed by atoms with Crippen molar-refractivity contribution in [3.8, 4) is 0 Å². The van der Waals surface area contributed by atoms with Crippen LogP contribution in [-0.4, -0.2) is 21.6 Å². The fourth-order valence-electron chi connectivity index (χ4n) is 7.99. The van der Waals surface area contributed by atoms with Crippen LogP contribution >= 0.6 is 15.8 Å². The zero-order chi connectivity index (χ0) is 30.0. The SMILES string of the molecule is C1CCCC1.Cc1cc(P(c2cc(C)c(C)c(C)c2)C2CCCC2C(C)P(C(C)(C)C)C(C)(C)C)cc(C)c1C.[Fe]. The minimum atomic E-state index is -0.399. The Bertz CT molecular complexity index is 1010. The molecule has 2 saturated carbocycles. The summed E-state index contributed by atoms with van der Waals surface area (Å²) in [5.74, 6) is 0.814. The largest absolute Gasteiger partial charge is 0.0924 e. The number of rotatable bonds is 5. The first kappa shape index (κ1) is 37.0. The topological polar surface area (TPSA) is 0 Å². The fourth-order valence-corrected chi connectivity index (χ4v) is 16.9. The molecule has 232 valence electrons. The van der Waals surface area contributed by atoms with E-state index in [-0.39, 0.29) is 25.0 Å². The molecule has 0 nitrogen and oxygen atoms in total. The fraction of sp³-hybridized carbons (Fsp3) is 0.684. The number of hydrogen-bond acceptors (Lipinski definition) is 0. The maximum Gasteiger partial charge on any atom is 0 e. The van der Waals surface area contributed by atoms with Crippen molar-refractivity contribution in [2.75, 3.05) is 0 Å². The molecular formula is C38H62FeP2. The van der Waals surface area contributed by atoms with Crippen LogP contribution < -0.4 is 10.6 Å². The quantitative estimate of drug-likeness (QED) is 0.226. The smallest absolute Gasteiger partial charge is 0 e. The molecule has 3 unspecified atom stereocenters. The number of hydrogen-bond donors (Lipinski definition) is 0. The van der Waals surface area contributed by atoms with Gasteiger partial charge in [0.1, 0.15) is 0 Å². The Hall–Kier alpha value is -0.181. The van der Waals surface area contributed by atoms with Gasteiger partial charge in [0.05, 0.1) is 0 Å². The molecule has 2 aromatic carbocycles. The van der Waals surface area contributed by atoms with Crippen LogP contribution in [-0.2, 0) is 17.1 Å². The van der Waals surface area contributed by atoms with E-state index in [1.54, 1.807) is 10.6 Å². The van der Waals surface area contributed by atoms with Crippen molar-refractivity contribution < 1.29 is 17.1 Å². The molecule has 3 atom stereocenters. The number of aryl methyl sites for hydroxylation is 4. The molecule has 0 radical (unpaired) electrons. The molecule has 0 spiro atoms. The molecule has 3 heteroatoms. The van der Waals surface area contributed by atoms with Crippen molar-refractivity contribution in [2.24, 2.45) is 5.92 Å². The molecular weight excluding hydrogens is 574 g/mol. The predicted molar refractivity (Wildman–Crippen MR) is 188 cm³/mol. The second kappa shape index (κ2) is 15.2. The van der Waals surface area contributed by atoms with E-state index in [1.165, 1.54) is 84.7 Å². The van der Waals surface area contributed by atoms with Gasteiger partial charge in [0.2, 0.25) is 0 Å².